The van der Waals surface area contributed by atoms with Gasteiger partial charge in [-0.05, 0) is 68.9 Å². The molecule has 0 bridgehead atoms. The molecule has 0 aromatic heterocycles. The summed E-state index contributed by atoms with van der Waals surface area (Å²) in [6.07, 6.45) is 3.13. The number of hydrogen-bond acceptors (Lipinski definition) is 1. The van der Waals surface area contributed by atoms with E-state index >= 15 is 0 Å². The van der Waals surface area contributed by atoms with Crippen LogP contribution in [0.1, 0.15) is 75.3 Å². The molecule has 0 unspecified atom stereocenters. The molecule has 0 saturated heterocycles. The van der Waals surface area contributed by atoms with Crippen LogP contribution in [-0.4, -0.2) is 5.60 Å². The predicted octanol–water partition coefficient (Wildman–Crippen LogP) is 6.19. The van der Waals surface area contributed by atoms with Gasteiger partial charge in [-0.15, -0.1) is 0 Å². The van der Waals surface area contributed by atoms with Crippen LogP contribution in [0.15, 0.2) is 36.4 Å². The van der Waals surface area contributed by atoms with Gasteiger partial charge >= 0.3 is 0 Å². The van der Waals surface area contributed by atoms with Gasteiger partial charge in [0, 0.05) is 16.7 Å². The minimum Gasteiger partial charge on any atom is -0.487 e. The van der Waals surface area contributed by atoms with Crippen LogP contribution in [0.25, 0.3) is 0 Å². The highest BCUT2D eigenvalue weighted by Gasteiger charge is 2.40. The fraction of sp³-hybridized carbons (Fsp3) is 0.440. The quantitative estimate of drug-likeness (QED) is 0.589. The molecule has 0 atom stereocenters. The van der Waals surface area contributed by atoms with Gasteiger partial charge < -0.3 is 4.74 Å². The molecule has 2 aromatic carbocycles. The van der Waals surface area contributed by atoms with E-state index in [2.05, 4.69) is 89.8 Å². The average Bonchev–Trinajstić information content (AvgIpc) is 2.54. The third-order valence-corrected chi connectivity index (χ3v) is 5.06. The number of rotatable bonds is 2. The molecule has 1 heterocycles. The van der Waals surface area contributed by atoms with Crippen molar-refractivity contribution in [3.05, 3.63) is 64.2 Å². The summed E-state index contributed by atoms with van der Waals surface area (Å²) >= 11 is 0. The fourth-order valence-corrected chi connectivity index (χ4v) is 4.09. The van der Waals surface area contributed by atoms with Gasteiger partial charge in [0.25, 0.3) is 0 Å². The van der Waals surface area contributed by atoms with E-state index in [1.165, 1.54) is 16.7 Å². The number of ether oxygens (including phenoxy) is 1. The summed E-state index contributed by atoms with van der Waals surface area (Å²) < 4.78 is 6.42. The lowest BCUT2D eigenvalue weighted by Gasteiger charge is -2.43. The number of fused-ring (bicyclic) bond motifs is 1. The third-order valence-electron chi connectivity index (χ3n) is 5.06. The minimum atomic E-state index is -0.131. The Hall–Kier alpha value is -2.20. The van der Waals surface area contributed by atoms with Gasteiger partial charge in [-0.25, -0.2) is 0 Å². The molecule has 0 saturated carbocycles. The zero-order chi connectivity index (χ0) is 18.9. The van der Waals surface area contributed by atoms with Crippen LogP contribution in [-0.2, 0) is 11.8 Å². The van der Waals surface area contributed by atoms with Gasteiger partial charge in [0.05, 0.1) is 0 Å². The zero-order valence-corrected chi connectivity index (χ0v) is 17.0. The Morgan fingerprint density at radius 1 is 0.962 bits per heavy atom. The molecule has 136 valence electrons. The first-order valence-corrected chi connectivity index (χ1v) is 9.65. The van der Waals surface area contributed by atoms with Crippen molar-refractivity contribution < 1.29 is 4.74 Å². The molecule has 2 aromatic rings. The fourth-order valence-electron chi connectivity index (χ4n) is 4.09. The first-order valence-electron chi connectivity index (χ1n) is 9.65. The number of aryl methyl sites for hydroxylation is 2. The standard InChI is InChI=1S/C25H30O/c1-7-8-21-15-20(14-13-19-11-9-18(2)10-12-19)16-22-23(21)26-25(5,6)17-24(22,3)4/h9-12,15-16H,7-8,17H2,1-6H3. The Kier molecular flexibility index (Phi) is 4.89. The van der Waals surface area contributed by atoms with Gasteiger partial charge in [0.2, 0.25) is 0 Å². The van der Waals surface area contributed by atoms with Crippen molar-refractivity contribution in [1.29, 1.82) is 0 Å². The molecular weight excluding hydrogens is 316 g/mol. The molecule has 0 N–H and O–H groups in total. The van der Waals surface area contributed by atoms with Crippen molar-refractivity contribution in [2.24, 2.45) is 0 Å². The van der Waals surface area contributed by atoms with Crippen molar-refractivity contribution in [2.75, 3.05) is 0 Å². The summed E-state index contributed by atoms with van der Waals surface area (Å²) in [6, 6.07) is 12.9. The average molecular weight is 347 g/mol. The van der Waals surface area contributed by atoms with Crippen molar-refractivity contribution >= 4 is 0 Å². The second-order valence-corrected chi connectivity index (χ2v) is 8.80. The van der Waals surface area contributed by atoms with E-state index in [1.807, 2.05) is 0 Å². The molecule has 0 aliphatic carbocycles. The highest BCUT2D eigenvalue weighted by Crippen LogP contribution is 2.46. The summed E-state index contributed by atoms with van der Waals surface area (Å²) in [5, 5.41) is 0. The lowest BCUT2D eigenvalue weighted by molar-refractivity contribution is 0.0521. The molecular formula is C25H30O. The van der Waals surface area contributed by atoms with E-state index in [0.717, 1.165) is 36.1 Å². The van der Waals surface area contributed by atoms with Crippen LogP contribution in [0, 0.1) is 18.8 Å². The molecule has 0 spiro atoms. The maximum absolute atomic E-state index is 6.42. The summed E-state index contributed by atoms with van der Waals surface area (Å²) in [4.78, 5) is 0. The third kappa shape index (κ3) is 3.96. The van der Waals surface area contributed by atoms with E-state index in [1.54, 1.807) is 0 Å². The predicted molar refractivity (Wildman–Crippen MR) is 110 cm³/mol. The van der Waals surface area contributed by atoms with Gasteiger partial charge in [0.15, 0.2) is 0 Å². The van der Waals surface area contributed by atoms with E-state index in [-0.39, 0.29) is 11.0 Å². The normalized spacial score (nSPS) is 16.8. The van der Waals surface area contributed by atoms with Gasteiger partial charge in [0.1, 0.15) is 11.4 Å². The van der Waals surface area contributed by atoms with Crippen LogP contribution in [0.2, 0.25) is 0 Å². The summed E-state index contributed by atoms with van der Waals surface area (Å²) in [7, 11) is 0. The smallest absolute Gasteiger partial charge is 0.127 e. The Morgan fingerprint density at radius 2 is 1.62 bits per heavy atom. The largest absolute Gasteiger partial charge is 0.487 e. The lowest BCUT2D eigenvalue weighted by atomic mass is 9.72. The number of benzene rings is 2. The van der Waals surface area contributed by atoms with Crippen LogP contribution in [0.5, 0.6) is 5.75 Å². The second-order valence-electron chi connectivity index (χ2n) is 8.80. The van der Waals surface area contributed by atoms with E-state index in [4.69, 9.17) is 4.74 Å². The van der Waals surface area contributed by atoms with Gasteiger partial charge in [-0.3, -0.25) is 0 Å². The zero-order valence-electron chi connectivity index (χ0n) is 17.0. The van der Waals surface area contributed by atoms with Crippen molar-refractivity contribution in [3.63, 3.8) is 0 Å². The Labute approximate surface area is 158 Å². The van der Waals surface area contributed by atoms with Crippen LogP contribution in [0.3, 0.4) is 0 Å². The lowest BCUT2D eigenvalue weighted by Crippen LogP contribution is -2.41. The van der Waals surface area contributed by atoms with Gasteiger partial charge in [-0.1, -0.05) is 56.7 Å². The Morgan fingerprint density at radius 3 is 2.27 bits per heavy atom. The van der Waals surface area contributed by atoms with Crippen LogP contribution < -0.4 is 4.74 Å². The summed E-state index contributed by atoms with van der Waals surface area (Å²) in [5.74, 6) is 7.79. The number of hydrogen-bond donors (Lipinski definition) is 0. The Bertz CT molecular complexity index is 858. The highest BCUT2D eigenvalue weighted by molar-refractivity contribution is 5.55. The van der Waals surface area contributed by atoms with Gasteiger partial charge in [-0.2, -0.15) is 0 Å². The van der Waals surface area contributed by atoms with Crippen LogP contribution >= 0.6 is 0 Å². The molecule has 1 nitrogen and oxygen atoms in total. The minimum absolute atomic E-state index is 0.0844. The van der Waals surface area contributed by atoms with Crippen LogP contribution in [0.4, 0.5) is 0 Å². The monoisotopic (exact) mass is 346 g/mol. The van der Waals surface area contributed by atoms with E-state index in [0.29, 0.717) is 0 Å². The SMILES string of the molecule is CCCc1cc(C#Cc2ccc(C)cc2)cc2c1OC(C)(C)CC2(C)C. The molecule has 1 aliphatic rings. The second kappa shape index (κ2) is 6.84. The molecule has 0 radical (unpaired) electrons. The van der Waals surface area contributed by atoms with Crippen molar-refractivity contribution in [2.45, 2.75) is 71.8 Å². The summed E-state index contributed by atoms with van der Waals surface area (Å²) in [5.41, 5.74) is 5.95. The molecule has 1 aliphatic heterocycles. The topological polar surface area (TPSA) is 9.23 Å². The molecule has 0 amide bonds. The molecule has 3 rings (SSSR count). The maximum atomic E-state index is 6.42. The maximum Gasteiger partial charge on any atom is 0.127 e. The van der Waals surface area contributed by atoms with Crippen molar-refractivity contribution in [3.8, 4) is 17.6 Å². The highest BCUT2D eigenvalue weighted by atomic mass is 16.5. The van der Waals surface area contributed by atoms with Crippen molar-refractivity contribution in [1.82, 2.24) is 0 Å². The molecule has 0 fully saturated rings. The first kappa shape index (κ1) is 18.6. The molecule has 1 heteroatoms. The Balaban J connectivity index is 2.07. The van der Waals surface area contributed by atoms with E-state index < -0.39 is 0 Å². The van der Waals surface area contributed by atoms with E-state index in [9.17, 15) is 0 Å². The molecule has 26 heavy (non-hydrogen) atoms. The summed E-state index contributed by atoms with van der Waals surface area (Å²) in [6.45, 7) is 13.3. The first-order chi connectivity index (χ1) is 12.2.